The van der Waals surface area contributed by atoms with Crippen LogP contribution in [0.5, 0.6) is 0 Å². The molecule has 0 spiro atoms. The predicted molar refractivity (Wildman–Crippen MR) is 112 cm³/mol. The van der Waals surface area contributed by atoms with Crippen LogP contribution in [0, 0.1) is 40.4 Å². The summed E-state index contributed by atoms with van der Waals surface area (Å²) in [6, 6.07) is 0. The maximum atomic E-state index is 12.0. The first kappa shape index (κ1) is 19.2. The van der Waals surface area contributed by atoms with Crippen LogP contribution in [-0.2, 0) is 4.79 Å². The summed E-state index contributed by atoms with van der Waals surface area (Å²) in [6.45, 7) is 7.47. The van der Waals surface area contributed by atoms with E-state index in [0.29, 0.717) is 22.5 Å². The normalized spacial score (nSPS) is 45.1. The molecule has 0 radical (unpaired) electrons. The van der Waals surface area contributed by atoms with E-state index in [1.54, 1.807) is 0 Å². The lowest BCUT2D eigenvalue weighted by Crippen LogP contribution is -2.51. The molecule has 4 aliphatic carbocycles. The van der Waals surface area contributed by atoms with Gasteiger partial charge in [0, 0.05) is 26.7 Å². The molecule has 0 aromatic carbocycles. The first-order valence-corrected chi connectivity index (χ1v) is 11.2. The second kappa shape index (κ2) is 6.74. The van der Waals surface area contributed by atoms with Crippen LogP contribution in [0.1, 0.15) is 72.1 Å². The third-order valence-electron chi connectivity index (χ3n) is 9.20. The topological polar surface area (TPSA) is 32.7 Å². The minimum absolute atomic E-state index is 0.300. The number of ketones is 1. The summed E-state index contributed by atoms with van der Waals surface area (Å²) >= 11 is 0. The average molecular weight is 371 g/mol. The molecule has 3 heteroatoms. The second-order valence-corrected chi connectivity index (χ2v) is 10.7. The average Bonchev–Trinajstić information content (AvgIpc) is 2.97. The lowest BCUT2D eigenvalue weighted by atomic mass is 9.46. The Hall–Kier alpha value is -1.12. The van der Waals surface area contributed by atoms with Crippen LogP contribution in [0.4, 0.5) is 0 Å². The number of hydrogen-bond acceptors (Lipinski definition) is 3. The highest BCUT2D eigenvalue weighted by atomic mass is 16.1. The summed E-state index contributed by atoms with van der Waals surface area (Å²) < 4.78 is 0. The van der Waals surface area contributed by atoms with Crippen LogP contribution in [-0.4, -0.2) is 31.1 Å². The van der Waals surface area contributed by atoms with Crippen molar-refractivity contribution in [3.05, 3.63) is 11.6 Å². The van der Waals surface area contributed by atoms with Crippen molar-refractivity contribution in [3.8, 4) is 0 Å². The Labute approximate surface area is 165 Å². The molecular weight excluding hydrogens is 332 g/mol. The number of nitrogens with zero attached hydrogens (tertiary/aromatic N) is 2. The molecule has 3 nitrogen and oxygen atoms in total. The van der Waals surface area contributed by atoms with E-state index in [1.165, 1.54) is 37.7 Å². The second-order valence-electron chi connectivity index (χ2n) is 10.7. The van der Waals surface area contributed by atoms with Crippen LogP contribution in [0.2, 0.25) is 0 Å². The van der Waals surface area contributed by atoms with Gasteiger partial charge in [0.1, 0.15) is 0 Å². The number of fused-ring (bicyclic) bond motifs is 5. The van der Waals surface area contributed by atoms with Gasteiger partial charge in [-0.05, 0) is 91.4 Å². The highest BCUT2D eigenvalue weighted by Crippen LogP contribution is 2.67. The number of allylic oxidation sites excluding steroid dienone is 1. The van der Waals surface area contributed by atoms with Crippen LogP contribution >= 0.6 is 0 Å². The molecule has 4 aliphatic rings. The first-order valence-electron chi connectivity index (χ1n) is 11.2. The molecule has 0 N–H and O–H groups in total. The van der Waals surface area contributed by atoms with Crippen molar-refractivity contribution in [1.29, 1.82) is 0 Å². The van der Waals surface area contributed by atoms with Gasteiger partial charge in [-0.1, -0.05) is 26.3 Å². The Morgan fingerprint density at radius 2 is 1.89 bits per heavy atom. The summed E-state index contributed by atoms with van der Waals surface area (Å²) in [5.41, 5.74) is 2.26. The molecule has 0 aliphatic heterocycles. The third-order valence-corrected chi connectivity index (χ3v) is 9.20. The van der Waals surface area contributed by atoms with Gasteiger partial charge >= 0.3 is 0 Å². The third kappa shape index (κ3) is 3.00. The number of carbonyl (C=O) groups excluding carboxylic acids is 1. The van der Waals surface area contributed by atoms with E-state index in [4.69, 9.17) is 0 Å². The molecule has 4 rings (SSSR count). The van der Waals surface area contributed by atoms with Gasteiger partial charge in [0.2, 0.25) is 0 Å². The van der Waals surface area contributed by atoms with E-state index in [2.05, 4.69) is 32.1 Å². The maximum Gasteiger partial charge on any atom is 0.155 e. The van der Waals surface area contributed by atoms with E-state index in [1.807, 2.05) is 25.2 Å². The Kier molecular flexibility index (Phi) is 4.79. The fraction of sp³-hybridized carbons (Fsp3) is 0.833. The van der Waals surface area contributed by atoms with Crippen LogP contribution in [0.3, 0.4) is 0 Å². The zero-order valence-corrected chi connectivity index (χ0v) is 18.0. The number of rotatable bonds is 3. The largest absolute Gasteiger partial charge is 0.303 e. The van der Waals surface area contributed by atoms with Crippen LogP contribution < -0.4 is 0 Å². The predicted octanol–water partition coefficient (Wildman–Crippen LogP) is 5.32. The standard InChI is InChI=1S/C24H38N2O/c1-16(15-25-26(4)5)20-8-9-21-19-7-6-17-14-18(27)10-12-23(17,2)22(19)11-13-24(20,21)3/h14-16,19-22H,6-13H2,1-5H3/b25-15+/t16-,19-,20+,21-,22-,23-,24+/m0/s1. The van der Waals surface area contributed by atoms with E-state index in [9.17, 15) is 4.79 Å². The van der Waals surface area contributed by atoms with Gasteiger partial charge < -0.3 is 5.01 Å². The molecule has 0 amide bonds. The van der Waals surface area contributed by atoms with Crippen molar-refractivity contribution < 1.29 is 4.79 Å². The molecule has 3 fully saturated rings. The zero-order chi connectivity index (χ0) is 19.4. The van der Waals surface area contributed by atoms with Crippen molar-refractivity contribution in [2.75, 3.05) is 14.1 Å². The molecule has 150 valence electrons. The molecule has 3 saturated carbocycles. The molecule has 0 bridgehead atoms. The van der Waals surface area contributed by atoms with Crippen molar-refractivity contribution >= 4 is 12.0 Å². The summed E-state index contributed by atoms with van der Waals surface area (Å²) in [5.74, 6) is 4.23. The quantitative estimate of drug-likeness (QED) is 0.497. The van der Waals surface area contributed by atoms with E-state index >= 15 is 0 Å². The maximum absolute atomic E-state index is 12.0. The summed E-state index contributed by atoms with van der Waals surface area (Å²) in [4.78, 5) is 12.0. The number of carbonyl (C=O) groups is 1. The molecule has 0 aromatic heterocycles. The van der Waals surface area contributed by atoms with Crippen LogP contribution in [0.15, 0.2) is 16.8 Å². The Morgan fingerprint density at radius 3 is 2.63 bits per heavy atom. The summed E-state index contributed by atoms with van der Waals surface area (Å²) in [7, 11) is 4.02. The highest BCUT2D eigenvalue weighted by molar-refractivity contribution is 5.91. The zero-order valence-electron chi connectivity index (χ0n) is 18.0. The Bertz CT molecular complexity index is 665. The van der Waals surface area contributed by atoms with Crippen molar-refractivity contribution in [2.24, 2.45) is 45.5 Å². The minimum Gasteiger partial charge on any atom is -0.303 e. The SMILES string of the molecule is C[C@@H](/C=N/N(C)C)[C@H]1CC[C@H]2[C@@H]3CCC4=CC(=O)CC[C@]4(C)[C@H]3CC[C@]12C. The fourth-order valence-corrected chi connectivity index (χ4v) is 7.81. The number of hydrogen-bond donors (Lipinski definition) is 0. The van der Waals surface area contributed by atoms with Crippen LogP contribution in [0.25, 0.3) is 0 Å². The number of hydrazone groups is 1. The van der Waals surface area contributed by atoms with Gasteiger partial charge in [-0.25, -0.2) is 0 Å². The lowest BCUT2D eigenvalue weighted by Gasteiger charge is -2.58. The van der Waals surface area contributed by atoms with Crippen molar-refractivity contribution in [3.63, 3.8) is 0 Å². The Balaban J connectivity index is 1.57. The van der Waals surface area contributed by atoms with Crippen molar-refractivity contribution in [1.82, 2.24) is 5.01 Å². The minimum atomic E-state index is 0.300. The first-order chi connectivity index (χ1) is 12.8. The lowest BCUT2D eigenvalue weighted by molar-refractivity contribution is -0.117. The van der Waals surface area contributed by atoms with Gasteiger partial charge in [-0.3, -0.25) is 4.79 Å². The van der Waals surface area contributed by atoms with Gasteiger partial charge in [0.05, 0.1) is 0 Å². The molecule has 27 heavy (non-hydrogen) atoms. The monoisotopic (exact) mass is 370 g/mol. The van der Waals surface area contributed by atoms with Crippen molar-refractivity contribution in [2.45, 2.75) is 72.1 Å². The summed E-state index contributed by atoms with van der Waals surface area (Å²) in [6.07, 6.45) is 14.0. The van der Waals surface area contributed by atoms with Gasteiger partial charge in [0.15, 0.2) is 5.78 Å². The van der Waals surface area contributed by atoms with E-state index < -0.39 is 0 Å². The molecule has 0 aromatic rings. The van der Waals surface area contributed by atoms with E-state index in [-0.39, 0.29) is 0 Å². The Morgan fingerprint density at radius 1 is 1.11 bits per heavy atom. The smallest absolute Gasteiger partial charge is 0.155 e. The summed E-state index contributed by atoms with van der Waals surface area (Å²) in [5, 5.41) is 6.48. The molecule has 0 saturated heterocycles. The highest BCUT2D eigenvalue weighted by Gasteiger charge is 2.59. The fourth-order valence-electron chi connectivity index (χ4n) is 7.81. The van der Waals surface area contributed by atoms with E-state index in [0.717, 1.165) is 42.9 Å². The van der Waals surface area contributed by atoms with Gasteiger partial charge in [-0.2, -0.15) is 5.10 Å². The van der Waals surface area contributed by atoms with Gasteiger partial charge in [0.25, 0.3) is 0 Å². The molecule has 0 heterocycles. The molecule has 0 unspecified atom stereocenters. The van der Waals surface area contributed by atoms with Gasteiger partial charge in [-0.15, -0.1) is 0 Å². The molecular formula is C24H38N2O. The molecule has 7 atom stereocenters.